The zero-order chi connectivity index (χ0) is 10.7. The number of benzene rings is 2. The molecule has 0 amide bonds. The molecule has 0 aliphatic carbocycles. The summed E-state index contributed by atoms with van der Waals surface area (Å²) in [6.07, 6.45) is 0. The van der Waals surface area contributed by atoms with Gasteiger partial charge >= 0.3 is 0 Å². The Morgan fingerprint density at radius 2 is 1.93 bits per heavy atom. The fourth-order valence-electron chi connectivity index (χ4n) is 1.60. The summed E-state index contributed by atoms with van der Waals surface area (Å²) in [5.74, 6) is 0.868. The molecule has 2 aromatic rings. The second-order valence-electron chi connectivity index (χ2n) is 3.46. The van der Waals surface area contributed by atoms with Crippen molar-refractivity contribution in [1.29, 1.82) is 0 Å². The minimum atomic E-state index is 0.868. The molecule has 75 valence electrons. The summed E-state index contributed by atoms with van der Waals surface area (Å²) in [5, 5.41) is 0. The van der Waals surface area contributed by atoms with E-state index < -0.39 is 0 Å². The van der Waals surface area contributed by atoms with E-state index >= 15 is 0 Å². The third-order valence-corrected chi connectivity index (χ3v) is 2.44. The van der Waals surface area contributed by atoms with Crippen LogP contribution in [0.2, 0.25) is 0 Å². The van der Waals surface area contributed by atoms with Gasteiger partial charge in [0.15, 0.2) is 0 Å². The highest BCUT2D eigenvalue weighted by atomic mass is 16.5. The SMILES string of the molecule is COc1cc[c]c(-c2ccccc2C)c1. The van der Waals surface area contributed by atoms with Crippen molar-refractivity contribution in [2.75, 3.05) is 7.11 Å². The molecule has 0 fully saturated rings. The van der Waals surface area contributed by atoms with Crippen molar-refractivity contribution in [2.45, 2.75) is 6.92 Å². The normalized spacial score (nSPS) is 10.0. The first kappa shape index (κ1) is 9.78. The van der Waals surface area contributed by atoms with Gasteiger partial charge in [0, 0.05) is 0 Å². The molecule has 1 heteroatoms. The molecule has 0 heterocycles. The van der Waals surface area contributed by atoms with Crippen LogP contribution in [0.15, 0.2) is 42.5 Å². The van der Waals surface area contributed by atoms with Crippen LogP contribution in [0.3, 0.4) is 0 Å². The van der Waals surface area contributed by atoms with Crippen LogP contribution in [0.5, 0.6) is 5.75 Å². The second kappa shape index (κ2) is 4.18. The summed E-state index contributed by atoms with van der Waals surface area (Å²) in [6, 6.07) is 17.3. The molecule has 0 spiro atoms. The number of ether oxygens (including phenoxy) is 1. The van der Waals surface area contributed by atoms with E-state index in [1.54, 1.807) is 7.11 Å². The van der Waals surface area contributed by atoms with Gasteiger partial charge in [0.25, 0.3) is 0 Å². The van der Waals surface area contributed by atoms with E-state index in [-0.39, 0.29) is 0 Å². The van der Waals surface area contributed by atoms with Gasteiger partial charge in [-0.25, -0.2) is 0 Å². The van der Waals surface area contributed by atoms with Gasteiger partial charge in [-0.3, -0.25) is 0 Å². The quantitative estimate of drug-likeness (QED) is 0.716. The van der Waals surface area contributed by atoms with E-state index in [1.807, 2.05) is 30.3 Å². The van der Waals surface area contributed by atoms with Crippen molar-refractivity contribution in [3.8, 4) is 16.9 Å². The largest absolute Gasteiger partial charge is 0.497 e. The van der Waals surface area contributed by atoms with Crippen LogP contribution >= 0.6 is 0 Å². The van der Waals surface area contributed by atoms with Gasteiger partial charge in [0.05, 0.1) is 7.11 Å². The molecule has 0 bridgehead atoms. The molecule has 2 aromatic carbocycles. The van der Waals surface area contributed by atoms with E-state index in [0.29, 0.717) is 0 Å². The standard InChI is InChI=1S/C14H13O/c1-11-6-3-4-9-14(11)12-7-5-8-13(10-12)15-2/h3-6,8-10H,1-2H3. The Morgan fingerprint density at radius 3 is 2.67 bits per heavy atom. The molecule has 0 N–H and O–H groups in total. The lowest BCUT2D eigenvalue weighted by molar-refractivity contribution is 0.415. The molecule has 0 saturated carbocycles. The zero-order valence-electron chi connectivity index (χ0n) is 8.95. The van der Waals surface area contributed by atoms with Gasteiger partial charge in [0.2, 0.25) is 0 Å². The maximum Gasteiger partial charge on any atom is 0.119 e. The van der Waals surface area contributed by atoms with Crippen molar-refractivity contribution in [2.24, 2.45) is 0 Å². The van der Waals surface area contributed by atoms with Gasteiger partial charge in [-0.15, -0.1) is 0 Å². The number of aryl methyl sites for hydroxylation is 1. The Labute approximate surface area is 90.3 Å². The van der Waals surface area contributed by atoms with E-state index in [2.05, 4.69) is 25.1 Å². The highest BCUT2D eigenvalue weighted by molar-refractivity contribution is 5.67. The van der Waals surface area contributed by atoms with Gasteiger partial charge in [-0.05, 0) is 41.8 Å². The number of hydrogen-bond donors (Lipinski definition) is 0. The van der Waals surface area contributed by atoms with Crippen molar-refractivity contribution < 1.29 is 4.74 Å². The van der Waals surface area contributed by atoms with Crippen molar-refractivity contribution in [1.82, 2.24) is 0 Å². The first-order valence-corrected chi connectivity index (χ1v) is 4.93. The molecule has 15 heavy (non-hydrogen) atoms. The molecule has 0 atom stereocenters. The third-order valence-electron chi connectivity index (χ3n) is 2.44. The lowest BCUT2D eigenvalue weighted by atomic mass is 10.0. The monoisotopic (exact) mass is 197 g/mol. The van der Waals surface area contributed by atoms with Gasteiger partial charge < -0.3 is 4.74 Å². The van der Waals surface area contributed by atoms with E-state index in [4.69, 9.17) is 4.74 Å². The number of rotatable bonds is 2. The topological polar surface area (TPSA) is 9.23 Å². The fourth-order valence-corrected chi connectivity index (χ4v) is 1.60. The first-order chi connectivity index (χ1) is 7.31. The van der Waals surface area contributed by atoms with E-state index in [0.717, 1.165) is 11.3 Å². The maximum absolute atomic E-state index is 5.20. The fraction of sp³-hybridized carbons (Fsp3) is 0.143. The third kappa shape index (κ3) is 2.01. The van der Waals surface area contributed by atoms with Crippen LogP contribution < -0.4 is 4.74 Å². The molecular weight excluding hydrogens is 184 g/mol. The van der Waals surface area contributed by atoms with Crippen molar-refractivity contribution in [3.05, 3.63) is 54.1 Å². The van der Waals surface area contributed by atoms with Gasteiger partial charge in [-0.2, -0.15) is 0 Å². The molecule has 0 saturated heterocycles. The van der Waals surface area contributed by atoms with Crippen LogP contribution in [0, 0.1) is 13.0 Å². The predicted molar refractivity (Wildman–Crippen MR) is 62.0 cm³/mol. The lowest BCUT2D eigenvalue weighted by Gasteiger charge is -2.06. The molecular formula is C14H13O. The Morgan fingerprint density at radius 1 is 1.13 bits per heavy atom. The molecule has 2 rings (SSSR count). The van der Waals surface area contributed by atoms with Gasteiger partial charge in [-0.1, -0.05) is 30.3 Å². The molecule has 1 radical (unpaired) electrons. The van der Waals surface area contributed by atoms with E-state index in [1.165, 1.54) is 11.1 Å². The Kier molecular flexibility index (Phi) is 2.72. The Bertz CT molecular complexity index is 460. The highest BCUT2D eigenvalue weighted by Crippen LogP contribution is 2.25. The minimum absolute atomic E-state index is 0.868. The smallest absolute Gasteiger partial charge is 0.119 e. The average molecular weight is 197 g/mol. The van der Waals surface area contributed by atoms with Crippen LogP contribution in [0.25, 0.3) is 11.1 Å². The van der Waals surface area contributed by atoms with Crippen LogP contribution in [0.4, 0.5) is 0 Å². The Hall–Kier alpha value is -1.76. The molecule has 0 aliphatic heterocycles. The Balaban J connectivity index is 2.49. The van der Waals surface area contributed by atoms with Crippen molar-refractivity contribution >= 4 is 0 Å². The van der Waals surface area contributed by atoms with Gasteiger partial charge in [0.1, 0.15) is 5.75 Å². The summed E-state index contributed by atoms with van der Waals surface area (Å²) in [7, 11) is 1.68. The van der Waals surface area contributed by atoms with E-state index in [9.17, 15) is 0 Å². The lowest BCUT2D eigenvalue weighted by Crippen LogP contribution is -1.85. The molecule has 0 aromatic heterocycles. The van der Waals surface area contributed by atoms with Crippen molar-refractivity contribution in [3.63, 3.8) is 0 Å². The zero-order valence-corrected chi connectivity index (χ0v) is 8.95. The molecule has 1 nitrogen and oxygen atoms in total. The average Bonchev–Trinajstić information content (AvgIpc) is 2.30. The van der Waals surface area contributed by atoms with Crippen LogP contribution in [0.1, 0.15) is 5.56 Å². The highest BCUT2D eigenvalue weighted by Gasteiger charge is 2.01. The number of hydrogen-bond acceptors (Lipinski definition) is 1. The summed E-state index contributed by atoms with van der Waals surface area (Å²) < 4.78 is 5.20. The summed E-state index contributed by atoms with van der Waals surface area (Å²) in [4.78, 5) is 0. The number of methoxy groups -OCH3 is 1. The maximum atomic E-state index is 5.20. The molecule has 0 unspecified atom stereocenters. The van der Waals surface area contributed by atoms with Crippen LogP contribution in [-0.2, 0) is 0 Å². The van der Waals surface area contributed by atoms with Crippen LogP contribution in [-0.4, -0.2) is 7.11 Å². The predicted octanol–water partition coefficient (Wildman–Crippen LogP) is 3.47. The summed E-state index contributed by atoms with van der Waals surface area (Å²) in [5.41, 5.74) is 3.53. The minimum Gasteiger partial charge on any atom is -0.497 e. The second-order valence-corrected chi connectivity index (χ2v) is 3.46. The summed E-state index contributed by atoms with van der Waals surface area (Å²) >= 11 is 0. The first-order valence-electron chi connectivity index (χ1n) is 4.93. The summed E-state index contributed by atoms with van der Waals surface area (Å²) in [6.45, 7) is 2.10. The molecule has 0 aliphatic rings.